The van der Waals surface area contributed by atoms with E-state index >= 15 is 0 Å². The Balaban J connectivity index is 2.07. The van der Waals surface area contributed by atoms with Crippen molar-refractivity contribution in [2.24, 2.45) is 5.73 Å². The highest BCUT2D eigenvalue weighted by atomic mass is 32.2. The third-order valence-corrected chi connectivity index (χ3v) is 3.60. The molecule has 0 unspecified atom stereocenters. The van der Waals surface area contributed by atoms with Gasteiger partial charge < -0.3 is 10.8 Å². The second-order valence-electron chi connectivity index (χ2n) is 4.34. The molecule has 0 saturated heterocycles. The van der Waals surface area contributed by atoms with E-state index in [2.05, 4.69) is 0 Å². The van der Waals surface area contributed by atoms with E-state index in [1.165, 1.54) is 11.9 Å². The Kier molecular flexibility index (Phi) is 5.03. The third kappa shape index (κ3) is 4.60. The zero-order chi connectivity index (χ0) is 14.4. The molecular formula is C15H16N2O2S. The van der Waals surface area contributed by atoms with Crippen molar-refractivity contribution in [1.29, 1.82) is 0 Å². The van der Waals surface area contributed by atoms with Gasteiger partial charge in [0.2, 0.25) is 5.91 Å². The number of primary amides is 1. The molecule has 0 aliphatic heterocycles. The summed E-state index contributed by atoms with van der Waals surface area (Å²) in [6.07, 6.45) is 0. The molecule has 104 valence electrons. The van der Waals surface area contributed by atoms with Gasteiger partial charge in [0.25, 0.3) is 0 Å². The number of aromatic hydroxyl groups is 1. The number of nitrogens with two attached hydrogens (primary N) is 1. The van der Waals surface area contributed by atoms with E-state index in [-0.39, 0.29) is 18.2 Å². The maximum atomic E-state index is 11.2. The van der Waals surface area contributed by atoms with Crippen LogP contribution in [0.1, 0.15) is 5.56 Å². The highest BCUT2D eigenvalue weighted by Gasteiger charge is 2.11. The van der Waals surface area contributed by atoms with Gasteiger partial charge in [-0.1, -0.05) is 30.3 Å². The number of nitrogens with zero attached hydrogens (tertiary/aromatic N) is 1. The smallest absolute Gasteiger partial charge is 0.232 e. The third-order valence-electron chi connectivity index (χ3n) is 2.61. The SMILES string of the molecule is NC(=O)CN(Cc1ccccc1)Sc1ccc(O)cc1. The fourth-order valence-electron chi connectivity index (χ4n) is 1.74. The first-order valence-corrected chi connectivity index (χ1v) is 6.95. The molecule has 3 N–H and O–H groups in total. The summed E-state index contributed by atoms with van der Waals surface area (Å²) in [5, 5.41) is 9.27. The summed E-state index contributed by atoms with van der Waals surface area (Å²) in [6.45, 7) is 0.787. The topological polar surface area (TPSA) is 66.6 Å². The first-order chi connectivity index (χ1) is 9.63. The lowest BCUT2D eigenvalue weighted by Crippen LogP contribution is -2.28. The maximum Gasteiger partial charge on any atom is 0.232 e. The molecule has 0 aliphatic rings. The summed E-state index contributed by atoms with van der Waals surface area (Å²) in [5.41, 5.74) is 6.40. The Morgan fingerprint density at radius 2 is 1.75 bits per heavy atom. The number of carbonyl (C=O) groups excluding carboxylic acids is 1. The van der Waals surface area contributed by atoms with Crippen LogP contribution in [0.2, 0.25) is 0 Å². The van der Waals surface area contributed by atoms with Gasteiger partial charge in [-0.15, -0.1) is 0 Å². The minimum Gasteiger partial charge on any atom is -0.508 e. The van der Waals surface area contributed by atoms with Crippen molar-refractivity contribution in [3.8, 4) is 5.75 Å². The molecule has 0 aromatic heterocycles. The number of rotatable bonds is 6. The molecule has 2 rings (SSSR count). The van der Waals surface area contributed by atoms with Gasteiger partial charge in [-0.3, -0.25) is 4.79 Å². The van der Waals surface area contributed by atoms with Crippen molar-refractivity contribution in [3.05, 3.63) is 60.2 Å². The molecule has 0 fully saturated rings. The average molecular weight is 288 g/mol. The Hall–Kier alpha value is -1.98. The van der Waals surface area contributed by atoms with Gasteiger partial charge in [-0.05, 0) is 41.8 Å². The summed E-state index contributed by atoms with van der Waals surface area (Å²) in [5.74, 6) is -0.147. The van der Waals surface area contributed by atoms with Crippen molar-refractivity contribution in [2.75, 3.05) is 6.54 Å². The number of benzene rings is 2. The molecule has 0 bridgehead atoms. The lowest BCUT2D eigenvalue weighted by atomic mass is 10.2. The van der Waals surface area contributed by atoms with E-state index in [0.29, 0.717) is 6.54 Å². The monoisotopic (exact) mass is 288 g/mol. The van der Waals surface area contributed by atoms with Crippen LogP contribution in [0.15, 0.2) is 59.5 Å². The lowest BCUT2D eigenvalue weighted by molar-refractivity contribution is -0.118. The number of carbonyl (C=O) groups is 1. The van der Waals surface area contributed by atoms with E-state index in [1.807, 2.05) is 34.6 Å². The van der Waals surface area contributed by atoms with E-state index in [9.17, 15) is 9.90 Å². The standard InChI is InChI=1S/C15H16N2O2S/c16-15(19)11-17(10-12-4-2-1-3-5-12)20-14-8-6-13(18)7-9-14/h1-9,18H,10-11H2,(H2,16,19). The van der Waals surface area contributed by atoms with Crippen LogP contribution in [-0.4, -0.2) is 21.9 Å². The van der Waals surface area contributed by atoms with Gasteiger partial charge in [0, 0.05) is 11.4 Å². The van der Waals surface area contributed by atoms with Gasteiger partial charge in [-0.2, -0.15) is 0 Å². The van der Waals surface area contributed by atoms with Gasteiger partial charge in [-0.25, -0.2) is 4.31 Å². The van der Waals surface area contributed by atoms with E-state index in [0.717, 1.165) is 10.5 Å². The lowest BCUT2D eigenvalue weighted by Gasteiger charge is -2.19. The average Bonchev–Trinajstić information content (AvgIpc) is 2.42. The minimum absolute atomic E-state index is 0.167. The molecule has 0 aliphatic carbocycles. The zero-order valence-corrected chi connectivity index (χ0v) is 11.7. The molecule has 1 amide bonds. The van der Waals surface area contributed by atoms with Crippen LogP contribution in [0.5, 0.6) is 5.75 Å². The van der Waals surface area contributed by atoms with E-state index in [4.69, 9.17) is 5.73 Å². The van der Waals surface area contributed by atoms with Crippen LogP contribution >= 0.6 is 11.9 Å². The summed E-state index contributed by atoms with van der Waals surface area (Å²) >= 11 is 1.44. The molecule has 2 aromatic rings. The summed E-state index contributed by atoms with van der Waals surface area (Å²) in [4.78, 5) is 12.1. The van der Waals surface area contributed by atoms with E-state index < -0.39 is 0 Å². The second kappa shape index (κ2) is 6.98. The molecule has 4 nitrogen and oxygen atoms in total. The summed E-state index contributed by atoms with van der Waals surface area (Å²) in [6, 6.07) is 16.7. The molecule has 0 saturated carbocycles. The van der Waals surface area contributed by atoms with Crippen molar-refractivity contribution < 1.29 is 9.90 Å². The number of phenolic OH excluding ortho intramolecular Hbond substituents is 1. The van der Waals surface area contributed by atoms with Crippen LogP contribution in [0.3, 0.4) is 0 Å². The Morgan fingerprint density at radius 3 is 2.35 bits per heavy atom. The highest BCUT2D eigenvalue weighted by Crippen LogP contribution is 2.25. The predicted octanol–water partition coefficient (Wildman–Crippen LogP) is 2.39. The van der Waals surface area contributed by atoms with Crippen LogP contribution in [0, 0.1) is 0 Å². The van der Waals surface area contributed by atoms with Crippen molar-refractivity contribution in [2.45, 2.75) is 11.4 Å². The summed E-state index contributed by atoms with van der Waals surface area (Å²) < 4.78 is 1.89. The Bertz CT molecular complexity index is 558. The normalized spacial score (nSPS) is 10.7. The first-order valence-electron chi connectivity index (χ1n) is 6.17. The summed E-state index contributed by atoms with van der Waals surface area (Å²) in [7, 11) is 0. The Labute approximate surface area is 122 Å². The van der Waals surface area contributed by atoms with Crippen molar-refractivity contribution in [1.82, 2.24) is 4.31 Å². The van der Waals surface area contributed by atoms with Crippen molar-refractivity contribution in [3.63, 3.8) is 0 Å². The molecule has 0 atom stereocenters. The minimum atomic E-state index is -0.368. The largest absolute Gasteiger partial charge is 0.508 e. The van der Waals surface area contributed by atoms with Gasteiger partial charge in [0.15, 0.2) is 0 Å². The molecular weight excluding hydrogens is 272 g/mol. The molecule has 5 heteroatoms. The number of hydrogen-bond donors (Lipinski definition) is 2. The predicted molar refractivity (Wildman–Crippen MR) is 80.0 cm³/mol. The number of phenols is 1. The van der Waals surface area contributed by atoms with Crippen LogP contribution in [0.25, 0.3) is 0 Å². The van der Waals surface area contributed by atoms with Gasteiger partial charge in [0.1, 0.15) is 5.75 Å². The fraction of sp³-hybridized carbons (Fsp3) is 0.133. The van der Waals surface area contributed by atoms with Crippen molar-refractivity contribution >= 4 is 17.9 Å². The quantitative estimate of drug-likeness (QED) is 0.801. The zero-order valence-electron chi connectivity index (χ0n) is 10.9. The maximum absolute atomic E-state index is 11.2. The first kappa shape index (κ1) is 14.4. The Morgan fingerprint density at radius 1 is 1.10 bits per heavy atom. The van der Waals surface area contributed by atoms with Crippen LogP contribution in [-0.2, 0) is 11.3 Å². The van der Waals surface area contributed by atoms with Crippen LogP contribution < -0.4 is 5.73 Å². The van der Waals surface area contributed by atoms with Gasteiger partial charge >= 0.3 is 0 Å². The van der Waals surface area contributed by atoms with Gasteiger partial charge in [0.05, 0.1) is 6.54 Å². The second-order valence-corrected chi connectivity index (χ2v) is 5.51. The molecule has 0 spiro atoms. The fourth-order valence-corrected chi connectivity index (χ4v) is 2.70. The molecule has 0 radical (unpaired) electrons. The molecule has 2 aromatic carbocycles. The van der Waals surface area contributed by atoms with Crippen LogP contribution in [0.4, 0.5) is 0 Å². The number of hydrogen-bond acceptors (Lipinski definition) is 4. The highest BCUT2D eigenvalue weighted by molar-refractivity contribution is 7.97. The number of amides is 1. The molecule has 0 heterocycles. The molecule has 20 heavy (non-hydrogen) atoms. The van der Waals surface area contributed by atoms with E-state index in [1.54, 1.807) is 24.3 Å².